The van der Waals surface area contributed by atoms with Crippen LogP contribution in [-0.2, 0) is 26.5 Å². The van der Waals surface area contributed by atoms with Gasteiger partial charge in [0.1, 0.15) is 11.5 Å². The Morgan fingerprint density at radius 2 is 1.68 bits per heavy atom. The van der Waals surface area contributed by atoms with Crippen molar-refractivity contribution in [1.82, 2.24) is 19.1 Å². The van der Waals surface area contributed by atoms with Crippen molar-refractivity contribution in [3.05, 3.63) is 150 Å². The summed E-state index contributed by atoms with van der Waals surface area (Å²) in [6.45, 7) is 14.3. The van der Waals surface area contributed by atoms with Crippen molar-refractivity contribution < 1.29 is 25.8 Å². The number of benzene rings is 4. The van der Waals surface area contributed by atoms with Crippen LogP contribution in [0.3, 0.4) is 0 Å². The topological polar surface area (TPSA) is 73.0 Å². The first-order chi connectivity index (χ1) is 23.8. The molecular weight excluding hydrogens is 800 g/mol. The molecule has 8 heteroatoms. The van der Waals surface area contributed by atoms with Gasteiger partial charge >= 0.3 is 21.1 Å². The van der Waals surface area contributed by atoms with E-state index in [4.69, 9.17) is 21.3 Å². The number of hydrogen-bond acceptors (Lipinski definition) is 4. The van der Waals surface area contributed by atoms with Gasteiger partial charge in [0.15, 0.2) is 0 Å². The van der Waals surface area contributed by atoms with Gasteiger partial charge in [0.2, 0.25) is 0 Å². The molecule has 0 bridgehead atoms. The third kappa shape index (κ3) is 5.83. The number of nitriles is 1. The van der Waals surface area contributed by atoms with Crippen LogP contribution in [0.25, 0.3) is 60.3 Å². The van der Waals surface area contributed by atoms with Gasteiger partial charge in [-0.25, -0.2) is 4.98 Å². The van der Waals surface area contributed by atoms with Crippen LogP contribution in [0, 0.1) is 30.0 Å². The molecule has 0 saturated heterocycles. The van der Waals surface area contributed by atoms with Gasteiger partial charge in [-0.2, -0.15) is 11.3 Å². The Hall–Kier alpha value is -6.01. The van der Waals surface area contributed by atoms with Crippen molar-refractivity contribution in [3.63, 3.8) is 0 Å². The van der Waals surface area contributed by atoms with E-state index in [9.17, 15) is 5.26 Å². The molecule has 0 atom stereocenters. The fourth-order valence-electron chi connectivity index (χ4n) is 6.20. The number of hydrogen-bond donors (Lipinski definition) is 0. The molecule has 50 heavy (non-hydrogen) atoms. The SMILES string of the molecule is [C-]#[N+]c1cc(Oc2[c-]c3c(cc2)c2cc(C#N)ccc2n3-c2cc(C(C)(C)C)ccn2)[c-]c(-c2cc3ccn(-c4ccccc4)c3cn2)c1.[Pt+2]. The Morgan fingerprint density at radius 1 is 0.840 bits per heavy atom. The third-order valence-corrected chi connectivity index (χ3v) is 8.68. The summed E-state index contributed by atoms with van der Waals surface area (Å²) < 4.78 is 10.5. The summed E-state index contributed by atoms with van der Waals surface area (Å²) >= 11 is 0. The molecule has 242 valence electrons. The summed E-state index contributed by atoms with van der Waals surface area (Å²) in [6.07, 6.45) is 5.70. The zero-order valence-corrected chi connectivity index (χ0v) is 29.6. The summed E-state index contributed by atoms with van der Waals surface area (Å²) in [5, 5.41) is 12.5. The van der Waals surface area contributed by atoms with Crippen LogP contribution < -0.4 is 4.74 Å². The quantitative estimate of drug-likeness (QED) is 0.162. The zero-order valence-electron chi connectivity index (χ0n) is 27.4. The molecule has 0 spiro atoms. The van der Waals surface area contributed by atoms with E-state index < -0.39 is 0 Å². The number of para-hydroxylation sites is 1. The summed E-state index contributed by atoms with van der Waals surface area (Å²) in [4.78, 5) is 13.2. The van der Waals surface area contributed by atoms with Crippen molar-refractivity contribution >= 4 is 38.4 Å². The molecule has 8 aromatic rings. The van der Waals surface area contributed by atoms with E-state index in [0.29, 0.717) is 34.0 Å². The van der Waals surface area contributed by atoms with Crippen LogP contribution >= 0.6 is 0 Å². The van der Waals surface area contributed by atoms with Crippen molar-refractivity contribution in [3.8, 4) is 40.3 Å². The molecule has 0 saturated carbocycles. The molecule has 0 fully saturated rings. The predicted molar refractivity (Wildman–Crippen MR) is 193 cm³/mol. The maximum Gasteiger partial charge on any atom is 2.00 e. The third-order valence-electron chi connectivity index (χ3n) is 8.68. The normalized spacial score (nSPS) is 11.3. The first kappa shape index (κ1) is 32.5. The molecule has 0 amide bonds. The van der Waals surface area contributed by atoms with Crippen LogP contribution in [0.5, 0.6) is 11.5 Å². The Morgan fingerprint density at radius 3 is 2.46 bits per heavy atom. The Bertz CT molecular complexity index is 2650. The molecule has 0 aliphatic heterocycles. The van der Waals surface area contributed by atoms with Crippen LogP contribution in [-0.4, -0.2) is 19.1 Å². The largest absolute Gasteiger partial charge is 2.00 e. The molecule has 0 unspecified atom stereocenters. The molecule has 7 nitrogen and oxygen atoms in total. The van der Waals surface area contributed by atoms with Gasteiger partial charge in [0.25, 0.3) is 0 Å². The second-order valence-electron chi connectivity index (χ2n) is 12.9. The molecule has 4 heterocycles. The minimum absolute atomic E-state index is 0. The summed E-state index contributed by atoms with van der Waals surface area (Å²) in [7, 11) is 0. The van der Waals surface area contributed by atoms with E-state index in [2.05, 4.69) is 77.2 Å². The second kappa shape index (κ2) is 12.8. The number of nitrogens with zero attached hydrogens (tertiary/aromatic N) is 6. The maximum atomic E-state index is 9.65. The number of aromatic nitrogens is 4. The smallest absolute Gasteiger partial charge is 0.504 e. The summed E-state index contributed by atoms with van der Waals surface area (Å²) in [5.41, 5.74) is 7.11. The van der Waals surface area contributed by atoms with Crippen LogP contribution in [0.15, 0.2) is 116 Å². The van der Waals surface area contributed by atoms with E-state index in [0.717, 1.165) is 49.8 Å². The van der Waals surface area contributed by atoms with E-state index in [-0.39, 0.29) is 26.5 Å². The van der Waals surface area contributed by atoms with Gasteiger partial charge in [-0.05, 0) is 76.0 Å². The summed E-state index contributed by atoms with van der Waals surface area (Å²) in [5.74, 6) is 1.58. The Balaban J connectivity index is 0.00000392. The number of ether oxygens (including phenoxy) is 1. The minimum atomic E-state index is -0.0743. The Kier molecular flexibility index (Phi) is 8.32. The fraction of sp³-hybridized carbons (Fsp3) is 0.0952. The zero-order chi connectivity index (χ0) is 33.7. The van der Waals surface area contributed by atoms with Crippen LogP contribution in [0.1, 0.15) is 31.9 Å². The fourth-order valence-corrected chi connectivity index (χ4v) is 6.20. The number of pyridine rings is 2. The van der Waals surface area contributed by atoms with E-state index >= 15 is 0 Å². The molecule has 8 rings (SSSR count). The van der Waals surface area contributed by atoms with E-state index in [1.54, 1.807) is 12.1 Å². The standard InChI is InChI=1S/C42H28N6O.Pt/c1-42(2,3)30-14-16-45-41(22-30)48-38-13-10-27(25-43)18-36(38)35-12-11-33(24-39(35)48)49-34-20-29(19-31(23-34)44-4)37-21-28-15-17-47(40(28)26-46-37)32-8-6-5-7-9-32;/h5-19,21-23,26H,1-3H3;/q-2;+2. The van der Waals surface area contributed by atoms with Crippen molar-refractivity contribution in [1.29, 1.82) is 5.26 Å². The van der Waals surface area contributed by atoms with Crippen molar-refractivity contribution in [2.75, 3.05) is 0 Å². The maximum absolute atomic E-state index is 9.65. The average Bonchev–Trinajstić information content (AvgIpc) is 3.69. The predicted octanol–water partition coefficient (Wildman–Crippen LogP) is 10.3. The number of rotatable bonds is 5. The monoisotopic (exact) mass is 827 g/mol. The molecule has 4 aromatic carbocycles. The molecule has 0 N–H and O–H groups in total. The van der Waals surface area contributed by atoms with Gasteiger partial charge in [-0.1, -0.05) is 62.7 Å². The molecule has 0 aliphatic carbocycles. The van der Waals surface area contributed by atoms with Crippen LogP contribution in [0.4, 0.5) is 5.69 Å². The van der Waals surface area contributed by atoms with Gasteiger partial charge in [0.05, 0.1) is 23.7 Å². The van der Waals surface area contributed by atoms with Gasteiger partial charge in [0, 0.05) is 41.3 Å². The van der Waals surface area contributed by atoms with Crippen molar-refractivity contribution in [2.24, 2.45) is 0 Å². The first-order valence-electron chi connectivity index (χ1n) is 15.8. The minimum Gasteiger partial charge on any atom is -0.504 e. The van der Waals surface area contributed by atoms with Crippen molar-refractivity contribution in [2.45, 2.75) is 26.2 Å². The van der Waals surface area contributed by atoms with Gasteiger partial charge < -0.3 is 18.9 Å². The average molecular weight is 828 g/mol. The van der Waals surface area contributed by atoms with Crippen LogP contribution in [0.2, 0.25) is 0 Å². The number of fused-ring (bicyclic) bond motifs is 4. The second-order valence-corrected chi connectivity index (χ2v) is 12.9. The van der Waals surface area contributed by atoms with Gasteiger partial charge in [-0.3, -0.25) is 4.85 Å². The van der Waals surface area contributed by atoms with Gasteiger partial charge in [-0.15, -0.1) is 29.1 Å². The summed E-state index contributed by atoms with van der Waals surface area (Å²) in [6, 6.07) is 40.3. The first-order valence-corrected chi connectivity index (χ1v) is 15.8. The molecular formula is C42H28N6OPt. The molecule has 0 radical (unpaired) electrons. The van der Waals surface area contributed by atoms with E-state index in [1.165, 1.54) is 0 Å². The Labute approximate surface area is 304 Å². The molecule has 0 aliphatic rings. The van der Waals surface area contributed by atoms with E-state index in [1.807, 2.05) is 79.3 Å². The molecule has 4 aromatic heterocycles.